The van der Waals surface area contributed by atoms with E-state index in [1.54, 1.807) is 30.3 Å². The monoisotopic (exact) mass is 407 g/mol. The van der Waals surface area contributed by atoms with E-state index in [1.165, 1.54) is 0 Å². The van der Waals surface area contributed by atoms with Crippen molar-refractivity contribution in [1.82, 2.24) is 14.5 Å². The Balaban J connectivity index is 2.30. The summed E-state index contributed by atoms with van der Waals surface area (Å²) in [6, 6.07) is 8.65. The fourth-order valence-corrected chi connectivity index (χ4v) is 3.67. The van der Waals surface area contributed by atoms with E-state index < -0.39 is 53.2 Å². The molecule has 1 saturated heterocycles. The van der Waals surface area contributed by atoms with E-state index in [0.29, 0.717) is 14.8 Å². The molecule has 11 heteroatoms. The van der Waals surface area contributed by atoms with Gasteiger partial charge in [-0.05, 0) is 12.5 Å². The minimum atomic E-state index is -4.73. The highest BCUT2D eigenvalue weighted by molar-refractivity contribution is 7.88. The first-order chi connectivity index (χ1) is 12.3. The van der Waals surface area contributed by atoms with Crippen molar-refractivity contribution in [3.05, 3.63) is 35.9 Å². The van der Waals surface area contributed by atoms with E-state index in [-0.39, 0.29) is 6.54 Å². The molecular formula is C16H20F3N3O4S. The zero-order chi connectivity index (χ0) is 20.5. The Bertz CT molecular complexity index is 814. The van der Waals surface area contributed by atoms with Gasteiger partial charge in [-0.3, -0.25) is 9.59 Å². The molecule has 1 N–H and O–H groups in total. The average Bonchev–Trinajstić information content (AvgIpc) is 2.55. The summed E-state index contributed by atoms with van der Waals surface area (Å²) in [5.41, 5.74) is -1.29. The Hall–Kier alpha value is -2.14. The molecule has 0 aliphatic carbocycles. The van der Waals surface area contributed by atoms with Crippen LogP contribution in [0.3, 0.4) is 0 Å². The van der Waals surface area contributed by atoms with Crippen molar-refractivity contribution in [3.63, 3.8) is 0 Å². The molecule has 0 saturated carbocycles. The van der Waals surface area contributed by atoms with Gasteiger partial charge in [0.1, 0.15) is 12.1 Å². The lowest BCUT2D eigenvalue weighted by Crippen LogP contribution is -2.70. The van der Waals surface area contributed by atoms with Crippen LogP contribution in [0.15, 0.2) is 30.3 Å². The largest absolute Gasteiger partial charge is 0.406 e. The van der Waals surface area contributed by atoms with Crippen LogP contribution in [0.25, 0.3) is 0 Å². The van der Waals surface area contributed by atoms with Crippen LogP contribution >= 0.6 is 0 Å². The zero-order valence-corrected chi connectivity index (χ0v) is 15.6. The highest BCUT2D eigenvalue weighted by Gasteiger charge is 2.52. The third-order valence-electron chi connectivity index (χ3n) is 4.28. The molecule has 1 aliphatic heterocycles. The highest BCUT2D eigenvalue weighted by Crippen LogP contribution is 2.29. The van der Waals surface area contributed by atoms with Gasteiger partial charge in [0, 0.05) is 13.1 Å². The van der Waals surface area contributed by atoms with Crippen LogP contribution in [0.4, 0.5) is 13.2 Å². The number of carbonyl (C=O) groups excluding carboxylic acids is 2. The summed E-state index contributed by atoms with van der Waals surface area (Å²) in [4.78, 5) is 25.4. The number of amides is 2. The lowest BCUT2D eigenvalue weighted by atomic mass is 9.95. The number of alkyl halides is 3. The minimum Gasteiger partial charge on any atom is -0.350 e. The number of nitrogens with one attached hydrogen (secondary N) is 1. The molecule has 1 aromatic rings. The van der Waals surface area contributed by atoms with Gasteiger partial charge in [-0.1, -0.05) is 30.3 Å². The second-order valence-electron chi connectivity index (χ2n) is 6.57. The van der Waals surface area contributed by atoms with Gasteiger partial charge in [0.2, 0.25) is 21.8 Å². The van der Waals surface area contributed by atoms with Gasteiger partial charge >= 0.3 is 6.18 Å². The fraction of sp³-hybridized carbons (Fsp3) is 0.500. The van der Waals surface area contributed by atoms with Gasteiger partial charge in [-0.25, -0.2) is 8.42 Å². The third kappa shape index (κ3) is 5.19. The molecule has 1 unspecified atom stereocenters. The molecule has 1 heterocycles. The SMILES string of the molecule is CC1(C(=O)NCc2ccccc2)CN(S(C)(=O)=O)CC(=O)N1CC(F)(F)F. The number of nitrogens with zero attached hydrogens (tertiary/aromatic N) is 2. The summed E-state index contributed by atoms with van der Waals surface area (Å²) in [5.74, 6) is -1.95. The molecule has 0 spiro atoms. The van der Waals surface area contributed by atoms with Crippen LogP contribution in [-0.2, 0) is 26.2 Å². The summed E-state index contributed by atoms with van der Waals surface area (Å²) in [5, 5.41) is 2.50. The smallest absolute Gasteiger partial charge is 0.350 e. The van der Waals surface area contributed by atoms with E-state index in [0.717, 1.165) is 13.2 Å². The second kappa shape index (κ2) is 7.47. The standard InChI is InChI=1S/C16H20F3N3O4S/c1-15(14(24)20-8-12-6-4-3-5-7-12)10-21(27(2,25)26)9-13(23)22(15)11-16(17,18)19/h3-7H,8-11H2,1-2H3,(H,20,24). The molecule has 27 heavy (non-hydrogen) atoms. The van der Waals surface area contributed by atoms with Crippen molar-refractivity contribution in [1.29, 1.82) is 0 Å². The van der Waals surface area contributed by atoms with Gasteiger partial charge < -0.3 is 10.2 Å². The maximum atomic E-state index is 12.9. The first-order valence-electron chi connectivity index (χ1n) is 7.97. The Morgan fingerprint density at radius 2 is 1.85 bits per heavy atom. The number of rotatable bonds is 5. The van der Waals surface area contributed by atoms with E-state index in [9.17, 15) is 31.2 Å². The summed E-state index contributed by atoms with van der Waals surface area (Å²) >= 11 is 0. The second-order valence-corrected chi connectivity index (χ2v) is 8.55. The van der Waals surface area contributed by atoms with Crippen molar-refractivity contribution in [2.24, 2.45) is 0 Å². The topological polar surface area (TPSA) is 86.8 Å². The summed E-state index contributed by atoms with van der Waals surface area (Å²) < 4.78 is 63.2. The average molecular weight is 407 g/mol. The zero-order valence-electron chi connectivity index (χ0n) is 14.8. The van der Waals surface area contributed by atoms with Crippen LogP contribution < -0.4 is 5.32 Å². The maximum Gasteiger partial charge on any atom is 0.406 e. The van der Waals surface area contributed by atoms with Gasteiger partial charge in [-0.2, -0.15) is 17.5 Å². The number of halogens is 3. The number of hydrogen-bond acceptors (Lipinski definition) is 4. The number of hydrogen-bond donors (Lipinski definition) is 1. The Kier molecular flexibility index (Phi) is 5.85. The van der Waals surface area contributed by atoms with Crippen LogP contribution in [0, 0.1) is 0 Å². The van der Waals surface area contributed by atoms with E-state index >= 15 is 0 Å². The van der Waals surface area contributed by atoms with Gasteiger partial charge in [-0.15, -0.1) is 0 Å². The molecule has 0 radical (unpaired) electrons. The fourth-order valence-electron chi connectivity index (χ4n) is 2.84. The first kappa shape index (κ1) is 21.2. The Morgan fingerprint density at radius 3 is 2.37 bits per heavy atom. The lowest BCUT2D eigenvalue weighted by molar-refractivity contribution is -0.181. The third-order valence-corrected chi connectivity index (χ3v) is 5.48. The molecule has 1 atom stereocenters. The van der Waals surface area contributed by atoms with Gasteiger partial charge in [0.25, 0.3) is 0 Å². The molecule has 1 aromatic carbocycles. The Labute approximate surface area is 155 Å². The maximum absolute atomic E-state index is 12.9. The van der Waals surface area contributed by atoms with Crippen molar-refractivity contribution in [2.45, 2.75) is 25.2 Å². The Morgan fingerprint density at radius 1 is 1.26 bits per heavy atom. The van der Waals surface area contributed by atoms with Gasteiger partial charge in [0.15, 0.2) is 0 Å². The van der Waals surface area contributed by atoms with Crippen LogP contribution in [0.2, 0.25) is 0 Å². The summed E-state index contributed by atoms with van der Waals surface area (Å²) in [7, 11) is -3.87. The number of sulfonamides is 1. The van der Waals surface area contributed by atoms with Crippen molar-refractivity contribution in [2.75, 3.05) is 25.9 Å². The summed E-state index contributed by atoms with van der Waals surface area (Å²) in [6.07, 6.45) is -3.90. The normalized spacial score (nSPS) is 22.0. The van der Waals surface area contributed by atoms with Crippen molar-refractivity contribution in [3.8, 4) is 0 Å². The molecule has 150 valence electrons. The molecule has 1 fully saturated rings. The van der Waals surface area contributed by atoms with E-state index in [2.05, 4.69) is 5.32 Å². The first-order valence-corrected chi connectivity index (χ1v) is 9.82. The predicted octanol–water partition coefficient (Wildman–Crippen LogP) is 0.728. The van der Waals surface area contributed by atoms with Crippen LogP contribution in [0.1, 0.15) is 12.5 Å². The number of benzene rings is 1. The molecule has 0 bridgehead atoms. The van der Waals surface area contributed by atoms with E-state index in [4.69, 9.17) is 0 Å². The molecule has 2 amide bonds. The quantitative estimate of drug-likeness (QED) is 0.780. The summed E-state index contributed by atoms with van der Waals surface area (Å²) in [6.45, 7) is -1.78. The number of carbonyl (C=O) groups is 2. The van der Waals surface area contributed by atoms with Crippen LogP contribution in [-0.4, -0.2) is 67.0 Å². The molecule has 0 aromatic heterocycles. The highest BCUT2D eigenvalue weighted by atomic mass is 32.2. The molecule has 1 aliphatic rings. The van der Waals surface area contributed by atoms with Crippen molar-refractivity contribution >= 4 is 21.8 Å². The van der Waals surface area contributed by atoms with E-state index in [1.807, 2.05) is 0 Å². The van der Waals surface area contributed by atoms with Crippen LogP contribution in [0.5, 0.6) is 0 Å². The van der Waals surface area contributed by atoms with Crippen molar-refractivity contribution < 1.29 is 31.2 Å². The molecular weight excluding hydrogens is 387 g/mol. The minimum absolute atomic E-state index is 0.0299. The van der Waals surface area contributed by atoms with Gasteiger partial charge in [0.05, 0.1) is 12.8 Å². The molecule has 7 nitrogen and oxygen atoms in total. The predicted molar refractivity (Wildman–Crippen MR) is 90.9 cm³/mol. The molecule has 2 rings (SSSR count). The lowest BCUT2D eigenvalue weighted by Gasteiger charge is -2.46. The number of piperazine rings is 1.